The molecule has 0 aromatic carbocycles. The average molecular weight is 484 g/mol. The largest absolute Gasteiger partial charge is 0.385 e. The van der Waals surface area contributed by atoms with Gasteiger partial charge in [-0.15, -0.1) is 24.0 Å². The number of hydrogen-bond donors (Lipinski definition) is 2. The van der Waals surface area contributed by atoms with E-state index in [2.05, 4.69) is 34.5 Å². The summed E-state index contributed by atoms with van der Waals surface area (Å²) in [5, 5.41) is 6.72. The third kappa shape index (κ3) is 14.0. The number of hydrogen-bond acceptors (Lipinski definition) is 4. The molecule has 7 heteroatoms. The molecule has 0 aliphatic heterocycles. The molecule has 0 aromatic heterocycles. The number of halogens is 1. The predicted molar refractivity (Wildman–Crippen MR) is 121 cm³/mol. The van der Waals surface area contributed by atoms with E-state index in [0.717, 1.165) is 64.7 Å². The van der Waals surface area contributed by atoms with Crippen molar-refractivity contribution in [2.45, 2.75) is 58.0 Å². The van der Waals surface area contributed by atoms with Crippen molar-refractivity contribution < 1.29 is 9.47 Å². The molecule has 0 amide bonds. The van der Waals surface area contributed by atoms with Gasteiger partial charge in [-0.25, -0.2) is 0 Å². The Morgan fingerprint density at radius 1 is 1.08 bits per heavy atom. The highest BCUT2D eigenvalue weighted by Crippen LogP contribution is 2.20. The molecule has 0 unspecified atom stereocenters. The summed E-state index contributed by atoms with van der Waals surface area (Å²) in [6, 6.07) is 0. The molecular formula is C19H41IN4O2. The first-order chi connectivity index (χ1) is 12.3. The van der Waals surface area contributed by atoms with Gasteiger partial charge in [-0.05, 0) is 39.7 Å². The lowest BCUT2D eigenvalue weighted by atomic mass is 9.98. The third-order valence-electron chi connectivity index (χ3n) is 4.50. The Kier molecular flexibility index (Phi) is 18.2. The number of aliphatic imine (C=N–C) groups is 1. The quantitative estimate of drug-likeness (QED) is 0.182. The minimum absolute atomic E-state index is 0. The van der Waals surface area contributed by atoms with Crippen molar-refractivity contribution in [3.05, 3.63) is 0 Å². The highest BCUT2D eigenvalue weighted by Gasteiger charge is 2.12. The topological polar surface area (TPSA) is 58.1 Å². The van der Waals surface area contributed by atoms with E-state index in [1.165, 1.54) is 32.1 Å². The average Bonchev–Trinajstić information content (AvgIpc) is 2.62. The minimum atomic E-state index is 0. The maximum Gasteiger partial charge on any atom is 0.191 e. The second-order valence-corrected chi connectivity index (χ2v) is 6.82. The van der Waals surface area contributed by atoms with Crippen molar-refractivity contribution >= 4 is 29.9 Å². The first-order valence-corrected chi connectivity index (χ1v) is 10.1. The summed E-state index contributed by atoms with van der Waals surface area (Å²) in [7, 11) is 3.89. The lowest BCUT2D eigenvalue weighted by molar-refractivity contribution is 0.0281. The number of guanidine groups is 1. The Labute approximate surface area is 177 Å². The van der Waals surface area contributed by atoms with Gasteiger partial charge < -0.3 is 25.0 Å². The van der Waals surface area contributed by atoms with Crippen LogP contribution in [0, 0.1) is 0 Å². The lowest BCUT2D eigenvalue weighted by Gasteiger charge is -2.21. The Balaban J connectivity index is 0.00000625. The molecule has 1 rings (SSSR count). The zero-order valence-corrected chi connectivity index (χ0v) is 19.4. The van der Waals surface area contributed by atoms with Crippen LogP contribution in [0.1, 0.15) is 51.9 Å². The smallest absolute Gasteiger partial charge is 0.191 e. The first-order valence-electron chi connectivity index (χ1n) is 10.1. The molecule has 6 nitrogen and oxygen atoms in total. The van der Waals surface area contributed by atoms with E-state index in [0.29, 0.717) is 6.10 Å². The second-order valence-electron chi connectivity index (χ2n) is 6.82. The predicted octanol–water partition coefficient (Wildman–Crippen LogP) is 2.87. The van der Waals surface area contributed by atoms with Crippen LogP contribution >= 0.6 is 24.0 Å². The van der Waals surface area contributed by atoms with E-state index in [4.69, 9.17) is 9.47 Å². The summed E-state index contributed by atoms with van der Waals surface area (Å²) in [5.74, 6) is 0.908. The Morgan fingerprint density at radius 2 is 1.85 bits per heavy atom. The number of nitrogens with one attached hydrogen (secondary N) is 2. The maximum atomic E-state index is 5.96. The summed E-state index contributed by atoms with van der Waals surface area (Å²) in [4.78, 5) is 6.96. The molecule has 0 saturated heterocycles. The summed E-state index contributed by atoms with van der Waals surface area (Å²) >= 11 is 0. The Bertz CT molecular complexity index is 340. The number of ether oxygens (including phenoxy) is 2. The van der Waals surface area contributed by atoms with Crippen LogP contribution in [0.25, 0.3) is 0 Å². The van der Waals surface area contributed by atoms with Crippen molar-refractivity contribution in [2.75, 3.05) is 60.1 Å². The fourth-order valence-electron chi connectivity index (χ4n) is 3.03. The highest BCUT2D eigenvalue weighted by molar-refractivity contribution is 14.0. The van der Waals surface area contributed by atoms with Gasteiger partial charge in [-0.1, -0.05) is 19.3 Å². The van der Waals surface area contributed by atoms with E-state index in [1.807, 2.05) is 0 Å². The van der Waals surface area contributed by atoms with Gasteiger partial charge in [0.15, 0.2) is 5.96 Å². The minimum Gasteiger partial charge on any atom is -0.385 e. The van der Waals surface area contributed by atoms with E-state index in [-0.39, 0.29) is 24.0 Å². The highest BCUT2D eigenvalue weighted by atomic mass is 127. The van der Waals surface area contributed by atoms with Gasteiger partial charge in [0, 0.05) is 53.0 Å². The summed E-state index contributed by atoms with van der Waals surface area (Å²) in [5.41, 5.74) is 0. The molecule has 1 aliphatic carbocycles. The number of nitrogens with zero attached hydrogens (tertiary/aromatic N) is 2. The Morgan fingerprint density at radius 3 is 2.54 bits per heavy atom. The molecular weight excluding hydrogens is 443 g/mol. The van der Waals surface area contributed by atoms with E-state index in [1.54, 1.807) is 7.11 Å². The number of likely N-dealkylation sites (N-methyl/N-ethyl adjacent to an activating group) is 1. The lowest BCUT2D eigenvalue weighted by Crippen LogP contribution is -2.41. The van der Waals surface area contributed by atoms with Gasteiger partial charge in [0.25, 0.3) is 0 Å². The van der Waals surface area contributed by atoms with Gasteiger partial charge in [0.2, 0.25) is 0 Å². The molecule has 0 atom stereocenters. The normalized spacial score (nSPS) is 15.8. The zero-order valence-electron chi connectivity index (χ0n) is 17.1. The molecule has 0 heterocycles. The molecule has 0 bridgehead atoms. The number of methoxy groups -OCH3 is 1. The molecule has 1 aliphatic rings. The first kappa shape index (κ1) is 25.9. The van der Waals surface area contributed by atoms with Gasteiger partial charge in [0.1, 0.15) is 0 Å². The summed E-state index contributed by atoms with van der Waals surface area (Å²) in [6.45, 7) is 8.40. The van der Waals surface area contributed by atoms with Gasteiger partial charge >= 0.3 is 0 Å². The Hall–Kier alpha value is -0.120. The standard InChI is InChI=1S/C19H40N4O2.HI/c1-4-20-19(22-13-15-23(2)14-9-16-24-3)21-12-8-17-25-18-10-6-5-7-11-18;/h18H,4-17H2,1-3H3,(H2,20,21,22);1H. The zero-order chi connectivity index (χ0) is 18.2. The molecule has 0 aromatic rings. The molecule has 0 spiro atoms. The van der Waals surface area contributed by atoms with Crippen LogP contribution in [0.4, 0.5) is 0 Å². The van der Waals surface area contributed by atoms with Crippen LogP contribution in [-0.2, 0) is 9.47 Å². The van der Waals surface area contributed by atoms with Crippen molar-refractivity contribution in [2.24, 2.45) is 4.99 Å². The van der Waals surface area contributed by atoms with Crippen LogP contribution < -0.4 is 10.6 Å². The SMILES string of the molecule is CCNC(=NCCCOC1CCCCC1)NCCN(C)CCCOC.I. The fourth-order valence-corrected chi connectivity index (χ4v) is 3.03. The van der Waals surface area contributed by atoms with Crippen LogP contribution in [0.2, 0.25) is 0 Å². The molecule has 2 N–H and O–H groups in total. The van der Waals surface area contributed by atoms with Crippen molar-refractivity contribution in [3.8, 4) is 0 Å². The van der Waals surface area contributed by atoms with Crippen LogP contribution in [0.15, 0.2) is 4.99 Å². The summed E-state index contributed by atoms with van der Waals surface area (Å²) in [6.07, 6.45) is 9.08. The molecule has 26 heavy (non-hydrogen) atoms. The van der Waals surface area contributed by atoms with Gasteiger partial charge in [-0.2, -0.15) is 0 Å². The van der Waals surface area contributed by atoms with E-state index < -0.39 is 0 Å². The van der Waals surface area contributed by atoms with E-state index >= 15 is 0 Å². The second kappa shape index (κ2) is 18.3. The fraction of sp³-hybridized carbons (Fsp3) is 0.947. The van der Waals surface area contributed by atoms with E-state index in [9.17, 15) is 0 Å². The van der Waals surface area contributed by atoms with Crippen LogP contribution in [0.3, 0.4) is 0 Å². The number of rotatable bonds is 13. The molecule has 1 saturated carbocycles. The molecule has 0 radical (unpaired) electrons. The monoisotopic (exact) mass is 484 g/mol. The van der Waals surface area contributed by atoms with Crippen LogP contribution in [-0.4, -0.2) is 77.1 Å². The van der Waals surface area contributed by atoms with Gasteiger partial charge in [-0.3, -0.25) is 4.99 Å². The van der Waals surface area contributed by atoms with Crippen molar-refractivity contribution in [1.82, 2.24) is 15.5 Å². The summed E-state index contributed by atoms with van der Waals surface area (Å²) < 4.78 is 11.0. The maximum absolute atomic E-state index is 5.96. The van der Waals surface area contributed by atoms with Crippen molar-refractivity contribution in [3.63, 3.8) is 0 Å². The molecule has 1 fully saturated rings. The van der Waals surface area contributed by atoms with Crippen LogP contribution in [0.5, 0.6) is 0 Å². The van der Waals surface area contributed by atoms with Gasteiger partial charge in [0.05, 0.1) is 6.10 Å². The molecule has 156 valence electrons. The van der Waals surface area contributed by atoms with Crippen molar-refractivity contribution in [1.29, 1.82) is 0 Å². The third-order valence-corrected chi connectivity index (χ3v) is 4.50.